The largest absolute Gasteiger partial charge is 0.350 e. The first-order valence-electron chi connectivity index (χ1n) is 5.08. The van der Waals surface area contributed by atoms with Crippen LogP contribution in [-0.4, -0.2) is 26.2 Å². The van der Waals surface area contributed by atoms with Crippen molar-refractivity contribution in [2.45, 2.75) is 0 Å². The third kappa shape index (κ3) is 1.65. The van der Waals surface area contributed by atoms with Crippen molar-refractivity contribution in [1.82, 2.24) is 25.4 Å². The van der Waals surface area contributed by atoms with E-state index in [0.717, 1.165) is 22.7 Å². The first-order chi connectivity index (χ1) is 8.34. The smallest absolute Gasteiger partial charge is 0.158 e. The van der Waals surface area contributed by atoms with Crippen molar-refractivity contribution in [3.05, 3.63) is 42.8 Å². The summed E-state index contributed by atoms with van der Waals surface area (Å²) >= 11 is 0. The van der Waals surface area contributed by atoms with Crippen LogP contribution in [0.15, 0.2) is 36.5 Å². The fourth-order valence-corrected chi connectivity index (χ4v) is 1.60. The molecular weight excluding hydrogens is 216 g/mol. The molecule has 0 bridgehead atoms. The molecule has 1 aliphatic heterocycles. The Labute approximate surface area is 97.2 Å². The fraction of sp³-hybridized carbons (Fsp3) is 0. The van der Waals surface area contributed by atoms with Gasteiger partial charge in [-0.05, 0) is 11.6 Å². The number of hydrogen-bond donors (Lipinski definition) is 3. The van der Waals surface area contributed by atoms with Gasteiger partial charge in [-0.1, -0.05) is 6.58 Å². The number of fused-ring (bicyclic) bond motifs is 1. The molecule has 0 spiro atoms. The van der Waals surface area contributed by atoms with Gasteiger partial charge < -0.3 is 9.97 Å². The number of hydrazone groups is 1. The Morgan fingerprint density at radius 3 is 3.06 bits per heavy atom. The van der Waals surface area contributed by atoms with Gasteiger partial charge in [0.2, 0.25) is 0 Å². The number of imidazole rings is 2. The van der Waals surface area contributed by atoms with Crippen LogP contribution in [0.4, 0.5) is 0 Å². The van der Waals surface area contributed by atoms with Gasteiger partial charge in [0, 0.05) is 12.4 Å². The van der Waals surface area contributed by atoms with Crippen LogP contribution in [0.25, 0.3) is 17.1 Å². The van der Waals surface area contributed by atoms with Crippen molar-refractivity contribution in [1.29, 1.82) is 0 Å². The van der Waals surface area contributed by atoms with Crippen molar-refractivity contribution >= 4 is 11.8 Å². The van der Waals surface area contributed by atoms with Crippen LogP contribution in [-0.2, 0) is 0 Å². The highest BCUT2D eigenvalue weighted by molar-refractivity contribution is 5.88. The van der Waals surface area contributed by atoms with Crippen LogP contribution in [0, 0.1) is 0 Å². The lowest BCUT2D eigenvalue weighted by Crippen LogP contribution is -2.00. The van der Waals surface area contributed by atoms with Crippen LogP contribution in [0.3, 0.4) is 0 Å². The lowest BCUT2D eigenvalue weighted by atomic mass is 10.2. The molecule has 0 atom stereocenters. The minimum atomic E-state index is 0.694. The zero-order valence-corrected chi connectivity index (χ0v) is 8.94. The van der Waals surface area contributed by atoms with Gasteiger partial charge in [0.05, 0.1) is 18.2 Å². The maximum Gasteiger partial charge on any atom is 0.158 e. The van der Waals surface area contributed by atoms with E-state index in [1.807, 2.05) is 6.08 Å². The molecule has 2 aromatic heterocycles. The number of nitrogens with one attached hydrogen (secondary N) is 3. The predicted octanol–water partition coefficient (Wildman–Crippen LogP) is 1.26. The molecule has 0 amide bonds. The summed E-state index contributed by atoms with van der Waals surface area (Å²) in [6, 6.07) is 0. The zero-order chi connectivity index (χ0) is 11.7. The molecule has 0 aromatic carbocycles. The molecule has 6 nitrogen and oxygen atoms in total. The molecule has 3 N–H and O–H groups in total. The average Bonchev–Trinajstić information content (AvgIpc) is 2.93. The van der Waals surface area contributed by atoms with Crippen LogP contribution in [0.2, 0.25) is 0 Å². The SMILES string of the molecule is C=C1/C=C\N/N=C\c2nc(-c3c[nH]cn3)[nH]c21. The first-order valence-corrected chi connectivity index (χ1v) is 5.08. The van der Waals surface area contributed by atoms with Gasteiger partial charge in [0.25, 0.3) is 0 Å². The van der Waals surface area contributed by atoms with Gasteiger partial charge in [-0.25, -0.2) is 9.97 Å². The third-order valence-corrected chi connectivity index (χ3v) is 2.41. The van der Waals surface area contributed by atoms with Gasteiger partial charge in [-0.3, -0.25) is 5.43 Å². The number of nitrogens with zero attached hydrogens (tertiary/aromatic N) is 3. The summed E-state index contributed by atoms with van der Waals surface area (Å²) in [5.41, 5.74) is 5.95. The second-order valence-corrected chi connectivity index (χ2v) is 3.55. The molecule has 3 heterocycles. The fourth-order valence-electron chi connectivity index (χ4n) is 1.60. The summed E-state index contributed by atoms with van der Waals surface area (Å²) in [7, 11) is 0. The van der Waals surface area contributed by atoms with Crippen LogP contribution < -0.4 is 5.43 Å². The first kappa shape index (κ1) is 9.59. The summed E-state index contributed by atoms with van der Waals surface area (Å²) in [4.78, 5) is 14.6. The molecule has 0 aliphatic carbocycles. The highest BCUT2D eigenvalue weighted by Crippen LogP contribution is 2.21. The highest BCUT2D eigenvalue weighted by Gasteiger charge is 2.13. The number of aromatic amines is 2. The Morgan fingerprint density at radius 2 is 2.24 bits per heavy atom. The van der Waals surface area contributed by atoms with E-state index in [-0.39, 0.29) is 0 Å². The molecule has 0 saturated heterocycles. The maximum absolute atomic E-state index is 4.42. The van der Waals surface area contributed by atoms with Gasteiger partial charge in [-0.2, -0.15) is 5.10 Å². The van der Waals surface area contributed by atoms with Crippen LogP contribution in [0.1, 0.15) is 11.4 Å². The Bertz CT molecular complexity index is 602. The van der Waals surface area contributed by atoms with Crippen molar-refractivity contribution in [2.24, 2.45) is 5.10 Å². The van der Waals surface area contributed by atoms with E-state index in [9.17, 15) is 0 Å². The Kier molecular flexibility index (Phi) is 2.11. The molecule has 6 heteroatoms. The summed E-state index contributed by atoms with van der Waals surface area (Å²) in [6.45, 7) is 3.96. The molecule has 1 aliphatic rings. The van der Waals surface area contributed by atoms with Crippen molar-refractivity contribution in [3.63, 3.8) is 0 Å². The molecule has 0 saturated carbocycles. The molecule has 0 radical (unpaired) electrons. The van der Waals surface area contributed by atoms with E-state index in [2.05, 4.69) is 37.0 Å². The molecule has 3 rings (SSSR count). The van der Waals surface area contributed by atoms with Crippen molar-refractivity contribution in [2.75, 3.05) is 0 Å². The molecule has 2 aromatic rings. The number of aromatic nitrogens is 4. The minimum absolute atomic E-state index is 0.694. The van der Waals surface area contributed by atoms with Gasteiger partial charge >= 0.3 is 0 Å². The highest BCUT2D eigenvalue weighted by atomic mass is 15.3. The lowest BCUT2D eigenvalue weighted by molar-refractivity contribution is 0.972. The van der Waals surface area contributed by atoms with Gasteiger partial charge in [0.1, 0.15) is 11.4 Å². The van der Waals surface area contributed by atoms with Gasteiger partial charge in [0.15, 0.2) is 5.82 Å². The summed E-state index contributed by atoms with van der Waals surface area (Å²) < 4.78 is 0. The predicted molar refractivity (Wildman–Crippen MR) is 65.1 cm³/mol. The molecule has 17 heavy (non-hydrogen) atoms. The Balaban J connectivity index is 2.12. The normalized spacial score (nSPS) is 17.8. The van der Waals surface area contributed by atoms with E-state index in [0.29, 0.717) is 5.82 Å². The summed E-state index contributed by atoms with van der Waals surface area (Å²) in [5, 5.41) is 3.99. The number of rotatable bonds is 1. The Morgan fingerprint density at radius 1 is 1.29 bits per heavy atom. The molecule has 0 unspecified atom stereocenters. The van der Waals surface area contributed by atoms with Crippen molar-refractivity contribution < 1.29 is 0 Å². The quantitative estimate of drug-likeness (QED) is 0.684. The van der Waals surface area contributed by atoms with Gasteiger partial charge in [-0.15, -0.1) is 0 Å². The molecule has 84 valence electrons. The number of allylic oxidation sites excluding steroid dienone is 2. The third-order valence-electron chi connectivity index (χ3n) is 2.41. The summed E-state index contributed by atoms with van der Waals surface area (Å²) in [5.74, 6) is 0.694. The van der Waals surface area contributed by atoms with E-state index in [4.69, 9.17) is 0 Å². The minimum Gasteiger partial charge on any atom is -0.350 e. The second-order valence-electron chi connectivity index (χ2n) is 3.55. The Hall–Kier alpha value is -2.63. The van der Waals surface area contributed by atoms with Crippen LogP contribution in [0.5, 0.6) is 0 Å². The summed E-state index contributed by atoms with van der Waals surface area (Å²) in [6.07, 6.45) is 8.59. The average molecular weight is 226 g/mol. The zero-order valence-electron chi connectivity index (χ0n) is 8.94. The molecule has 0 fully saturated rings. The number of hydrogen-bond acceptors (Lipinski definition) is 4. The topological polar surface area (TPSA) is 81.8 Å². The van der Waals surface area contributed by atoms with Crippen molar-refractivity contribution in [3.8, 4) is 11.5 Å². The second kappa shape index (κ2) is 3.75. The van der Waals surface area contributed by atoms with E-state index in [1.165, 1.54) is 0 Å². The van der Waals surface area contributed by atoms with E-state index >= 15 is 0 Å². The monoisotopic (exact) mass is 226 g/mol. The van der Waals surface area contributed by atoms with Crippen LogP contribution >= 0.6 is 0 Å². The molecular formula is C11H10N6. The van der Waals surface area contributed by atoms with E-state index < -0.39 is 0 Å². The maximum atomic E-state index is 4.42. The number of H-pyrrole nitrogens is 2. The lowest BCUT2D eigenvalue weighted by Gasteiger charge is -2.00. The van der Waals surface area contributed by atoms with E-state index in [1.54, 1.807) is 24.9 Å². The standard InChI is InChI=1S/C11H10N6/c1-7-2-3-14-15-5-8-10(7)17-11(16-8)9-4-12-6-13-9/h2-6,14H,1H2,(H,12,13)(H,16,17)/b3-2-,15-5-.